The number of halogens is 6. The summed E-state index contributed by atoms with van der Waals surface area (Å²) in [4.78, 5) is 133. The Morgan fingerprint density at radius 1 is 0.519 bits per heavy atom. The van der Waals surface area contributed by atoms with Gasteiger partial charge in [-0.3, -0.25) is 52.3 Å². The molecule has 25 nitrogen and oxygen atoms in total. The molecule has 4 aliphatic rings. The highest BCUT2D eigenvalue weighted by Crippen LogP contribution is 2.40. The van der Waals surface area contributed by atoms with Crippen molar-refractivity contribution in [3.8, 4) is 0 Å². The molecule has 4 unspecified atom stereocenters. The van der Waals surface area contributed by atoms with Gasteiger partial charge in [-0.1, -0.05) is 124 Å². The lowest BCUT2D eigenvalue weighted by Crippen LogP contribution is -2.47. The molecule has 0 spiro atoms. The third-order valence-corrected chi connectivity index (χ3v) is 17.5. The van der Waals surface area contributed by atoms with E-state index in [1.807, 2.05) is 93.6 Å². The molecule has 14 rings (SSSR count). The van der Waals surface area contributed by atoms with E-state index in [0.29, 0.717) is 91.6 Å². The molecule has 31 heteroatoms. The van der Waals surface area contributed by atoms with Crippen LogP contribution in [0.2, 0.25) is 25.1 Å². The van der Waals surface area contributed by atoms with E-state index in [-0.39, 0.29) is 56.2 Å². The molecule has 6 aromatic heterocycles. The van der Waals surface area contributed by atoms with Crippen LogP contribution in [0.15, 0.2) is 226 Å². The van der Waals surface area contributed by atoms with Crippen LogP contribution in [0, 0.1) is 5.92 Å². The van der Waals surface area contributed by atoms with Crippen molar-refractivity contribution in [2.45, 2.75) is 70.2 Å². The Balaban J connectivity index is 0.000000153. The Morgan fingerprint density at radius 3 is 1.36 bits per heavy atom. The number of primary amides is 1. The minimum Gasteiger partial charge on any atom is -0.384 e. The number of anilines is 5. The van der Waals surface area contributed by atoms with E-state index < -0.39 is 34.2 Å². The summed E-state index contributed by atoms with van der Waals surface area (Å²) < 4.78 is 2.97. The van der Waals surface area contributed by atoms with Gasteiger partial charge in [-0.25, -0.2) is 29.9 Å². The fourth-order valence-corrected chi connectivity index (χ4v) is 12.7. The van der Waals surface area contributed by atoms with Crippen molar-refractivity contribution in [1.82, 2.24) is 60.0 Å². The van der Waals surface area contributed by atoms with E-state index in [9.17, 15) is 43.2 Å². The van der Waals surface area contributed by atoms with Gasteiger partial charge in [0.25, 0.3) is 34.4 Å². The highest BCUT2D eigenvalue weighted by atomic mass is 35.5. The van der Waals surface area contributed by atoms with Crippen LogP contribution in [0.3, 0.4) is 0 Å². The van der Waals surface area contributed by atoms with Gasteiger partial charge in [-0.2, -0.15) is 0 Å². The molecule has 0 saturated carbocycles. The SMILES string of the molecule is CC(=O)Cc1cccc(Cl)c1.CC1(Cc2cccc(Cl)c2)NC(=O)C2=CC=C(Cl)C(=O)C21.CC1(Cc2cccc(Cl)c2)NC(=O)c2ccc(Nc3ccncn3)c(=O)n21.CC1(Cc2cccc(Cl)c2)NC(=O)c2ccc(Nc3ccncn3)c(=O)n21.NC(=O)c1ccc(Cl)c(=O)[nH]1.Nc1ccncn1. The van der Waals surface area contributed by atoms with Gasteiger partial charge in [0.1, 0.15) is 87.0 Å². The number of allylic oxidation sites excluding steroid dienone is 3. The lowest BCUT2D eigenvalue weighted by atomic mass is 9.76. The molecule has 1 aliphatic carbocycles. The highest BCUT2D eigenvalue weighted by Gasteiger charge is 2.52. The number of nitrogen functional groups attached to an aromatic ring is 1. The number of amides is 4. The quantitative estimate of drug-likeness (QED) is 0.0531. The van der Waals surface area contributed by atoms with Crippen molar-refractivity contribution in [3.05, 3.63) is 307 Å². The van der Waals surface area contributed by atoms with Crippen molar-refractivity contribution < 1.29 is 28.8 Å². The van der Waals surface area contributed by atoms with Crippen LogP contribution in [0.1, 0.15) is 81.4 Å². The summed E-state index contributed by atoms with van der Waals surface area (Å²) in [5.41, 5.74) is 12.0. The van der Waals surface area contributed by atoms with Crippen LogP contribution < -0.4 is 54.7 Å². The molecule has 0 radical (unpaired) electrons. The maximum atomic E-state index is 13.1. The first kappa shape index (κ1) is 77.0. The number of pyridine rings is 3. The van der Waals surface area contributed by atoms with E-state index in [1.165, 1.54) is 46.3 Å². The van der Waals surface area contributed by atoms with Crippen molar-refractivity contribution in [2.24, 2.45) is 11.7 Å². The zero-order valence-electron chi connectivity index (χ0n) is 55.6. The number of hydrogen-bond donors (Lipinski definition) is 8. The summed E-state index contributed by atoms with van der Waals surface area (Å²) in [7, 11) is 0. The molecule has 10 aromatic rings. The Bertz CT molecular complexity index is 4970. The van der Waals surface area contributed by atoms with Gasteiger partial charge < -0.3 is 43.0 Å². The second-order valence-electron chi connectivity index (χ2n) is 24.2. The number of nitrogens with two attached hydrogens (primary N) is 2. The first-order valence-electron chi connectivity index (χ1n) is 31.4. The zero-order chi connectivity index (χ0) is 75.0. The van der Waals surface area contributed by atoms with Crippen LogP contribution in [0.5, 0.6) is 0 Å². The third-order valence-electron chi connectivity index (χ3n) is 16.0. The lowest BCUT2D eigenvalue weighted by Gasteiger charge is -2.31. The van der Waals surface area contributed by atoms with Crippen molar-refractivity contribution in [3.63, 3.8) is 0 Å². The number of carbonyl (C=O) groups excluding carboxylic acids is 6. The maximum absolute atomic E-state index is 13.1. The topological polar surface area (TPSA) is 369 Å². The van der Waals surface area contributed by atoms with Gasteiger partial charge in [0.05, 0.1) is 16.5 Å². The van der Waals surface area contributed by atoms with E-state index in [0.717, 1.165) is 22.3 Å². The zero-order valence-corrected chi connectivity index (χ0v) is 60.2. The summed E-state index contributed by atoms with van der Waals surface area (Å²) in [5.74, 6) is -0.568. The predicted molar refractivity (Wildman–Crippen MR) is 400 cm³/mol. The van der Waals surface area contributed by atoms with Crippen LogP contribution in [-0.4, -0.2) is 84.8 Å². The molecule has 1 saturated heterocycles. The molecule has 4 amide bonds. The Hall–Kier alpha value is -11.2. The monoisotopic (exact) mass is 1520 g/mol. The molecule has 4 atom stereocenters. The molecule has 532 valence electrons. The lowest BCUT2D eigenvalue weighted by molar-refractivity contribution is -0.119. The number of H-pyrrole nitrogens is 1. The van der Waals surface area contributed by atoms with E-state index in [2.05, 4.69) is 61.5 Å². The number of Topliss-reactive ketones (excluding diaryl/α,β-unsaturated/α-hetero) is 2. The molecule has 4 aromatic carbocycles. The molecule has 104 heavy (non-hydrogen) atoms. The Labute approximate surface area is 624 Å². The number of aromatic nitrogens is 9. The fourth-order valence-electron chi connectivity index (χ4n) is 11.6. The number of fused-ring (bicyclic) bond motifs is 3. The minimum atomic E-state index is -0.905. The highest BCUT2D eigenvalue weighted by molar-refractivity contribution is 6.44. The largest absolute Gasteiger partial charge is 0.384 e. The van der Waals surface area contributed by atoms with E-state index >= 15 is 0 Å². The van der Waals surface area contributed by atoms with Crippen LogP contribution in [0.25, 0.3) is 0 Å². The van der Waals surface area contributed by atoms with E-state index in [1.54, 1.807) is 98.3 Å². The summed E-state index contributed by atoms with van der Waals surface area (Å²) in [6.45, 7) is 7.07. The van der Waals surface area contributed by atoms with Gasteiger partial charge in [0.15, 0.2) is 5.78 Å². The van der Waals surface area contributed by atoms with Crippen LogP contribution in [0.4, 0.5) is 28.8 Å². The molecule has 9 heterocycles. The molecular weight excluding hydrogens is 1460 g/mol. The maximum Gasteiger partial charge on any atom is 0.276 e. The number of nitrogens with one attached hydrogen (secondary N) is 6. The molecule has 0 bridgehead atoms. The first-order chi connectivity index (χ1) is 49.5. The minimum absolute atomic E-state index is 0.0370. The summed E-state index contributed by atoms with van der Waals surface area (Å²) >= 11 is 35.2. The summed E-state index contributed by atoms with van der Waals surface area (Å²) in [6.07, 6.45) is 13.9. The van der Waals surface area contributed by atoms with Crippen molar-refractivity contribution in [2.75, 3.05) is 16.4 Å². The Morgan fingerprint density at radius 2 is 0.962 bits per heavy atom. The predicted octanol–water partition coefficient (Wildman–Crippen LogP) is 11.1. The second kappa shape index (κ2) is 34.2. The number of ketones is 2. The number of nitrogens with zero attached hydrogens (tertiary/aromatic N) is 8. The van der Waals surface area contributed by atoms with Gasteiger partial charge in [0, 0.05) is 63.5 Å². The summed E-state index contributed by atoms with van der Waals surface area (Å²) in [6, 6.07) is 43.5. The Kier molecular flexibility index (Phi) is 25.3. The van der Waals surface area contributed by atoms with E-state index in [4.69, 9.17) is 81.1 Å². The third kappa shape index (κ3) is 19.7. The van der Waals surface area contributed by atoms with Gasteiger partial charge in [-0.05, 0) is 166 Å². The molecule has 1 fully saturated rings. The second-order valence-corrected chi connectivity index (χ2v) is 26.8. The standard InChI is InChI=1S/2C19H16ClN5O2.C16H13Cl2NO2.C9H9ClO.C6H5ClN2O2.C4H5N3/c2*1-19(10-12-3-2-4-13(20)9-12)24-17(26)15-6-5-14(18(27)25(15)19)23-16-7-8-21-11-22-16;1-16(8-9-3-2-4-10(17)7-9)13-11(15(21)19-16)5-6-12(18)14(13)20;1-7(11)5-8-3-2-4-9(10)6-8;7-3-1-2-4(5(8)10)9-6(3)11;5-4-1-2-6-3-7-4/h2*2-9,11H,10H2,1H3,(H,24,26)(H,21,22,23);2-7,13H,8H2,1H3,(H,19,21);2-4,6H,5H2,1H3;1-2H,(H2,8,10)(H,9,11);1-3H,(H2,5,6,7). The normalized spacial score (nSPS) is 17.6. The molecule has 3 aliphatic heterocycles. The smallest absolute Gasteiger partial charge is 0.276 e. The average molecular weight is 1520 g/mol. The van der Waals surface area contributed by atoms with Crippen molar-refractivity contribution >= 4 is 134 Å². The van der Waals surface area contributed by atoms with Crippen LogP contribution in [-0.2, 0) is 51.4 Å². The number of rotatable bonds is 13. The molecule has 10 N–H and O–H groups in total. The fraction of sp³-hybridized carbons (Fsp3) is 0.164. The summed E-state index contributed by atoms with van der Waals surface area (Å²) in [5, 5.41) is 17.5. The number of carbonyl (C=O) groups is 6. The number of hydrogen-bond acceptors (Lipinski definition) is 18. The van der Waals surface area contributed by atoms with Crippen molar-refractivity contribution in [1.29, 1.82) is 0 Å². The van der Waals surface area contributed by atoms with Crippen LogP contribution >= 0.6 is 69.6 Å². The number of benzene rings is 4. The molecular formula is C73H64Cl6N16O9. The van der Waals surface area contributed by atoms with Gasteiger partial charge in [0.2, 0.25) is 5.91 Å². The van der Waals surface area contributed by atoms with Gasteiger partial charge in [-0.15, -0.1) is 0 Å². The number of aromatic amines is 1. The average Bonchev–Trinajstić information content (AvgIpc) is 1.61. The first-order valence-corrected chi connectivity index (χ1v) is 33.6. The van der Waals surface area contributed by atoms with Gasteiger partial charge >= 0.3 is 0 Å².